The van der Waals surface area contributed by atoms with Crippen molar-refractivity contribution < 1.29 is 19.1 Å². The molecule has 1 saturated heterocycles. The molecule has 1 aromatic rings. The van der Waals surface area contributed by atoms with Gasteiger partial charge in [0.05, 0.1) is 6.04 Å². The van der Waals surface area contributed by atoms with Crippen molar-refractivity contribution in [3.63, 3.8) is 0 Å². The van der Waals surface area contributed by atoms with Gasteiger partial charge in [0.1, 0.15) is 17.1 Å². The van der Waals surface area contributed by atoms with Crippen LogP contribution in [-0.4, -0.2) is 27.7 Å². The number of ketones is 1. The second-order valence-corrected chi connectivity index (χ2v) is 6.03. The maximum atomic E-state index is 13.0. The number of allylic oxidation sites excluding steroid dienone is 1. The maximum absolute atomic E-state index is 13.0. The van der Waals surface area contributed by atoms with Gasteiger partial charge in [-0.1, -0.05) is 26.0 Å². The number of carbonyl (C=O) groups is 2. The SMILES string of the molecule is CC(O)=C1C(=O)[C@@H](CC(C)C)N(Cc2ccc(F)cc2)C1=O. The number of hydrogen-bond acceptors (Lipinski definition) is 3. The summed E-state index contributed by atoms with van der Waals surface area (Å²) < 4.78 is 13.0. The summed E-state index contributed by atoms with van der Waals surface area (Å²) in [6.07, 6.45) is 0.530. The Morgan fingerprint density at radius 1 is 1.27 bits per heavy atom. The molecular formula is C17H20FNO3. The van der Waals surface area contributed by atoms with Crippen molar-refractivity contribution in [2.24, 2.45) is 5.92 Å². The van der Waals surface area contributed by atoms with E-state index >= 15 is 0 Å². The summed E-state index contributed by atoms with van der Waals surface area (Å²) in [5.41, 5.74) is 0.612. The Morgan fingerprint density at radius 3 is 2.36 bits per heavy atom. The van der Waals surface area contributed by atoms with E-state index in [0.29, 0.717) is 6.42 Å². The summed E-state index contributed by atoms with van der Waals surface area (Å²) in [5.74, 6) is -1.15. The van der Waals surface area contributed by atoms with Crippen LogP contribution in [-0.2, 0) is 16.1 Å². The van der Waals surface area contributed by atoms with Crippen molar-refractivity contribution in [1.82, 2.24) is 4.90 Å². The number of carbonyl (C=O) groups excluding carboxylic acids is 2. The minimum Gasteiger partial charge on any atom is -0.512 e. The molecule has 0 aliphatic carbocycles. The van der Waals surface area contributed by atoms with E-state index < -0.39 is 11.9 Å². The van der Waals surface area contributed by atoms with E-state index in [4.69, 9.17) is 0 Å². The van der Waals surface area contributed by atoms with Crippen LogP contribution in [0.1, 0.15) is 32.8 Å². The van der Waals surface area contributed by atoms with E-state index in [9.17, 15) is 19.1 Å². The van der Waals surface area contributed by atoms with Crippen LogP contribution >= 0.6 is 0 Å². The average Bonchev–Trinajstić information content (AvgIpc) is 2.65. The van der Waals surface area contributed by atoms with Gasteiger partial charge in [0, 0.05) is 6.54 Å². The molecule has 1 fully saturated rings. The topological polar surface area (TPSA) is 57.6 Å². The minimum absolute atomic E-state index is 0.132. The van der Waals surface area contributed by atoms with Crippen LogP contribution in [0.2, 0.25) is 0 Å². The summed E-state index contributed by atoms with van der Waals surface area (Å²) in [5, 5.41) is 9.63. The molecule has 1 heterocycles. The fourth-order valence-corrected chi connectivity index (χ4v) is 2.68. The largest absolute Gasteiger partial charge is 0.512 e. The zero-order valence-electron chi connectivity index (χ0n) is 13.0. The molecule has 22 heavy (non-hydrogen) atoms. The predicted molar refractivity (Wildman–Crippen MR) is 80.5 cm³/mol. The molecule has 0 radical (unpaired) electrons. The lowest BCUT2D eigenvalue weighted by molar-refractivity contribution is -0.128. The van der Waals surface area contributed by atoms with Gasteiger partial charge in [-0.3, -0.25) is 9.59 Å². The molecule has 2 rings (SSSR count). The third kappa shape index (κ3) is 3.18. The molecule has 1 aliphatic heterocycles. The number of aliphatic hydroxyl groups excluding tert-OH is 1. The van der Waals surface area contributed by atoms with E-state index in [1.165, 1.54) is 24.0 Å². The van der Waals surface area contributed by atoms with Gasteiger partial charge in [-0.15, -0.1) is 0 Å². The van der Waals surface area contributed by atoms with E-state index in [-0.39, 0.29) is 35.4 Å². The number of hydrogen-bond donors (Lipinski definition) is 1. The molecule has 0 spiro atoms. The van der Waals surface area contributed by atoms with Crippen molar-refractivity contribution in [2.75, 3.05) is 0 Å². The summed E-state index contributed by atoms with van der Waals surface area (Å²) in [6, 6.07) is 5.25. The first-order valence-corrected chi connectivity index (χ1v) is 7.30. The molecule has 1 atom stereocenters. The van der Waals surface area contributed by atoms with Gasteiger partial charge in [0.15, 0.2) is 5.78 Å². The van der Waals surface area contributed by atoms with Crippen LogP contribution in [0.3, 0.4) is 0 Å². The molecular weight excluding hydrogens is 285 g/mol. The zero-order valence-corrected chi connectivity index (χ0v) is 13.0. The summed E-state index contributed by atoms with van der Waals surface area (Å²) in [6.45, 7) is 5.51. The number of halogens is 1. The summed E-state index contributed by atoms with van der Waals surface area (Å²) in [4.78, 5) is 26.3. The quantitative estimate of drug-likeness (QED) is 0.528. The van der Waals surface area contributed by atoms with E-state index in [0.717, 1.165) is 5.56 Å². The Hall–Kier alpha value is -2.17. The summed E-state index contributed by atoms with van der Waals surface area (Å²) in [7, 11) is 0. The van der Waals surface area contributed by atoms with E-state index in [2.05, 4.69) is 0 Å². The van der Waals surface area contributed by atoms with Gasteiger partial charge in [-0.2, -0.15) is 0 Å². The third-order valence-corrected chi connectivity index (χ3v) is 3.72. The fraction of sp³-hybridized carbons (Fsp3) is 0.412. The first kappa shape index (κ1) is 16.2. The lowest BCUT2D eigenvalue weighted by Gasteiger charge is -2.24. The molecule has 1 N–H and O–H groups in total. The standard InChI is InChI=1S/C17H20FNO3/c1-10(2)8-14-16(21)15(11(3)20)17(22)19(14)9-12-4-6-13(18)7-5-12/h4-7,10,14,20H,8-9H2,1-3H3/t14-/m1/s1. The second kappa shape index (κ2) is 6.30. The molecule has 118 valence electrons. The Bertz CT molecular complexity index is 615. The molecule has 1 amide bonds. The highest BCUT2D eigenvalue weighted by atomic mass is 19.1. The van der Waals surface area contributed by atoms with Crippen molar-refractivity contribution in [1.29, 1.82) is 0 Å². The van der Waals surface area contributed by atoms with Crippen molar-refractivity contribution in [3.8, 4) is 0 Å². The number of Topliss-reactive ketones (excluding diaryl/α,β-unsaturated/α-hetero) is 1. The zero-order chi connectivity index (χ0) is 16.4. The van der Waals surface area contributed by atoms with E-state index in [1.807, 2.05) is 13.8 Å². The molecule has 5 heteroatoms. The Balaban J connectivity index is 2.32. The highest BCUT2D eigenvalue weighted by molar-refractivity contribution is 6.26. The monoisotopic (exact) mass is 305 g/mol. The molecule has 1 aliphatic rings. The normalized spacial score (nSPS) is 21.0. The first-order chi connectivity index (χ1) is 10.3. The lowest BCUT2D eigenvalue weighted by atomic mass is 9.99. The average molecular weight is 305 g/mol. The number of aliphatic hydroxyl groups is 1. The Labute approximate surface area is 129 Å². The minimum atomic E-state index is -0.574. The maximum Gasteiger partial charge on any atom is 0.261 e. The lowest BCUT2D eigenvalue weighted by Crippen LogP contribution is -2.36. The Morgan fingerprint density at radius 2 is 1.86 bits per heavy atom. The molecule has 0 saturated carbocycles. The first-order valence-electron chi connectivity index (χ1n) is 7.30. The molecule has 1 aromatic carbocycles. The van der Waals surface area contributed by atoms with Gasteiger partial charge in [0.2, 0.25) is 0 Å². The number of nitrogens with zero attached hydrogens (tertiary/aromatic N) is 1. The van der Waals surface area contributed by atoms with Gasteiger partial charge in [-0.05, 0) is 37.0 Å². The van der Waals surface area contributed by atoms with Gasteiger partial charge >= 0.3 is 0 Å². The van der Waals surface area contributed by atoms with Gasteiger partial charge in [-0.25, -0.2) is 4.39 Å². The Kier molecular flexibility index (Phi) is 4.64. The van der Waals surface area contributed by atoms with Crippen molar-refractivity contribution in [2.45, 2.75) is 39.8 Å². The molecule has 0 unspecified atom stereocenters. The number of amides is 1. The number of rotatable bonds is 4. The molecule has 0 aromatic heterocycles. The van der Waals surface area contributed by atoms with Crippen molar-refractivity contribution in [3.05, 3.63) is 47.0 Å². The van der Waals surface area contributed by atoms with E-state index in [1.54, 1.807) is 12.1 Å². The highest BCUT2D eigenvalue weighted by Crippen LogP contribution is 2.28. The highest BCUT2D eigenvalue weighted by Gasteiger charge is 2.44. The van der Waals surface area contributed by atoms with Crippen LogP contribution in [0.25, 0.3) is 0 Å². The molecule has 0 bridgehead atoms. The van der Waals surface area contributed by atoms with Crippen LogP contribution in [0.4, 0.5) is 4.39 Å². The third-order valence-electron chi connectivity index (χ3n) is 3.72. The van der Waals surface area contributed by atoms with Gasteiger partial charge in [0.25, 0.3) is 5.91 Å². The van der Waals surface area contributed by atoms with Crippen LogP contribution in [0, 0.1) is 11.7 Å². The number of likely N-dealkylation sites (tertiary alicyclic amines) is 1. The second-order valence-electron chi connectivity index (χ2n) is 6.03. The predicted octanol–water partition coefficient (Wildman–Crippen LogP) is 2.98. The van der Waals surface area contributed by atoms with Crippen LogP contribution in [0.15, 0.2) is 35.6 Å². The van der Waals surface area contributed by atoms with Crippen molar-refractivity contribution >= 4 is 11.7 Å². The van der Waals surface area contributed by atoms with Crippen LogP contribution in [0.5, 0.6) is 0 Å². The molecule has 4 nitrogen and oxygen atoms in total. The number of benzene rings is 1. The fourth-order valence-electron chi connectivity index (χ4n) is 2.68. The summed E-state index contributed by atoms with van der Waals surface area (Å²) >= 11 is 0. The smallest absolute Gasteiger partial charge is 0.261 e. The van der Waals surface area contributed by atoms with Crippen LogP contribution < -0.4 is 0 Å². The van der Waals surface area contributed by atoms with Gasteiger partial charge < -0.3 is 10.0 Å².